The lowest BCUT2D eigenvalue weighted by Crippen LogP contribution is -2.13. The van der Waals surface area contributed by atoms with Gasteiger partial charge >= 0.3 is 0 Å². The predicted molar refractivity (Wildman–Crippen MR) is 88.7 cm³/mol. The second kappa shape index (κ2) is 6.79. The standard InChI is InChI=1S/C18H17N3O2/c1-23-16-9-5-8-15(12-16)18(22)19-17-10-11-21(20-17)13-14-6-3-2-4-7-14/h2-12H,13H2,1H3,(H,19,20,22). The van der Waals surface area contributed by atoms with Crippen LogP contribution >= 0.6 is 0 Å². The zero-order valence-electron chi connectivity index (χ0n) is 12.8. The Morgan fingerprint density at radius 1 is 1.13 bits per heavy atom. The molecular weight excluding hydrogens is 290 g/mol. The van der Waals surface area contributed by atoms with Crippen molar-refractivity contribution in [2.45, 2.75) is 6.54 Å². The van der Waals surface area contributed by atoms with Gasteiger partial charge in [0.1, 0.15) is 5.75 Å². The maximum atomic E-state index is 12.2. The number of anilines is 1. The molecule has 0 saturated carbocycles. The Labute approximate surface area is 134 Å². The van der Waals surface area contributed by atoms with Crippen LogP contribution in [0.4, 0.5) is 5.82 Å². The monoisotopic (exact) mass is 307 g/mol. The van der Waals surface area contributed by atoms with Gasteiger partial charge in [0, 0.05) is 17.8 Å². The smallest absolute Gasteiger partial charge is 0.256 e. The van der Waals surface area contributed by atoms with E-state index in [0.29, 0.717) is 23.7 Å². The molecule has 116 valence electrons. The summed E-state index contributed by atoms with van der Waals surface area (Å²) in [5.41, 5.74) is 1.68. The lowest BCUT2D eigenvalue weighted by atomic mass is 10.2. The van der Waals surface area contributed by atoms with Gasteiger partial charge in [0.25, 0.3) is 5.91 Å². The van der Waals surface area contributed by atoms with Crippen molar-refractivity contribution in [3.8, 4) is 5.75 Å². The summed E-state index contributed by atoms with van der Waals surface area (Å²) in [4.78, 5) is 12.2. The summed E-state index contributed by atoms with van der Waals surface area (Å²) in [7, 11) is 1.57. The summed E-state index contributed by atoms with van der Waals surface area (Å²) in [6.45, 7) is 0.663. The fourth-order valence-corrected chi connectivity index (χ4v) is 2.24. The molecule has 0 spiro atoms. The van der Waals surface area contributed by atoms with Crippen LogP contribution in [0, 0.1) is 0 Å². The average molecular weight is 307 g/mol. The highest BCUT2D eigenvalue weighted by Crippen LogP contribution is 2.14. The quantitative estimate of drug-likeness (QED) is 0.787. The Hall–Kier alpha value is -3.08. The van der Waals surface area contributed by atoms with Gasteiger partial charge < -0.3 is 10.1 Å². The van der Waals surface area contributed by atoms with E-state index in [1.165, 1.54) is 0 Å². The number of amides is 1. The van der Waals surface area contributed by atoms with Gasteiger partial charge in [-0.05, 0) is 23.8 Å². The lowest BCUT2D eigenvalue weighted by Gasteiger charge is -2.05. The van der Waals surface area contributed by atoms with Gasteiger partial charge in [0.15, 0.2) is 5.82 Å². The second-order valence-corrected chi connectivity index (χ2v) is 5.07. The molecular formula is C18H17N3O2. The van der Waals surface area contributed by atoms with E-state index in [0.717, 1.165) is 5.56 Å². The second-order valence-electron chi connectivity index (χ2n) is 5.07. The minimum atomic E-state index is -0.214. The van der Waals surface area contributed by atoms with Crippen LogP contribution in [-0.4, -0.2) is 22.8 Å². The zero-order valence-corrected chi connectivity index (χ0v) is 12.8. The number of carbonyl (C=O) groups is 1. The van der Waals surface area contributed by atoms with E-state index >= 15 is 0 Å². The van der Waals surface area contributed by atoms with Crippen molar-refractivity contribution >= 4 is 11.7 Å². The van der Waals surface area contributed by atoms with Gasteiger partial charge in [-0.1, -0.05) is 36.4 Å². The van der Waals surface area contributed by atoms with Crippen molar-refractivity contribution in [1.82, 2.24) is 9.78 Å². The zero-order chi connectivity index (χ0) is 16.1. The van der Waals surface area contributed by atoms with E-state index in [4.69, 9.17) is 4.74 Å². The number of benzene rings is 2. The third kappa shape index (κ3) is 3.77. The number of ether oxygens (including phenoxy) is 1. The van der Waals surface area contributed by atoms with Gasteiger partial charge in [-0.15, -0.1) is 0 Å². The molecule has 0 aliphatic rings. The Kier molecular flexibility index (Phi) is 4.38. The largest absolute Gasteiger partial charge is 0.497 e. The highest BCUT2D eigenvalue weighted by molar-refractivity contribution is 6.03. The first-order valence-electron chi connectivity index (χ1n) is 7.27. The molecule has 0 fully saturated rings. The van der Waals surface area contributed by atoms with Crippen molar-refractivity contribution in [2.75, 3.05) is 12.4 Å². The number of nitrogens with zero attached hydrogens (tertiary/aromatic N) is 2. The van der Waals surface area contributed by atoms with E-state index < -0.39 is 0 Å². The molecule has 5 nitrogen and oxygen atoms in total. The first-order valence-corrected chi connectivity index (χ1v) is 7.27. The summed E-state index contributed by atoms with van der Waals surface area (Å²) >= 11 is 0. The van der Waals surface area contributed by atoms with Crippen LogP contribution in [0.2, 0.25) is 0 Å². The summed E-state index contributed by atoms with van der Waals surface area (Å²) in [5, 5.41) is 7.16. The lowest BCUT2D eigenvalue weighted by molar-refractivity contribution is 0.102. The molecule has 1 N–H and O–H groups in total. The van der Waals surface area contributed by atoms with Crippen LogP contribution in [0.15, 0.2) is 66.9 Å². The van der Waals surface area contributed by atoms with E-state index in [9.17, 15) is 4.79 Å². The van der Waals surface area contributed by atoms with Gasteiger partial charge in [-0.2, -0.15) is 5.10 Å². The number of aromatic nitrogens is 2. The fraction of sp³-hybridized carbons (Fsp3) is 0.111. The highest BCUT2D eigenvalue weighted by atomic mass is 16.5. The van der Waals surface area contributed by atoms with Crippen molar-refractivity contribution in [3.05, 3.63) is 78.0 Å². The molecule has 0 radical (unpaired) electrons. The summed E-state index contributed by atoms with van der Waals surface area (Å²) in [6.07, 6.45) is 1.84. The Morgan fingerprint density at radius 2 is 1.96 bits per heavy atom. The van der Waals surface area contributed by atoms with Crippen molar-refractivity contribution < 1.29 is 9.53 Å². The Bertz CT molecular complexity index is 797. The molecule has 1 amide bonds. The molecule has 5 heteroatoms. The molecule has 3 rings (SSSR count). The van der Waals surface area contributed by atoms with Crippen LogP contribution in [0.3, 0.4) is 0 Å². The maximum absolute atomic E-state index is 12.2. The SMILES string of the molecule is COc1cccc(C(=O)Nc2ccn(Cc3ccccc3)n2)c1. The Morgan fingerprint density at radius 3 is 2.74 bits per heavy atom. The number of nitrogens with one attached hydrogen (secondary N) is 1. The molecule has 0 saturated heterocycles. The minimum Gasteiger partial charge on any atom is -0.497 e. The number of rotatable bonds is 5. The van der Waals surface area contributed by atoms with Crippen molar-refractivity contribution in [3.63, 3.8) is 0 Å². The van der Waals surface area contributed by atoms with E-state index in [1.807, 2.05) is 36.5 Å². The third-order valence-electron chi connectivity index (χ3n) is 3.40. The molecule has 2 aromatic carbocycles. The normalized spacial score (nSPS) is 10.3. The third-order valence-corrected chi connectivity index (χ3v) is 3.40. The van der Waals surface area contributed by atoms with E-state index in [2.05, 4.69) is 10.4 Å². The van der Waals surface area contributed by atoms with Gasteiger partial charge in [0.2, 0.25) is 0 Å². The number of methoxy groups -OCH3 is 1. The first kappa shape index (κ1) is 14.8. The Balaban J connectivity index is 1.67. The van der Waals surface area contributed by atoms with Gasteiger partial charge in [0.05, 0.1) is 13.7 Å². The fourth-order valence-electron chi connectivity index (χ4n) is 2.24. The van der Waals surface area contributed by atoms with Crippen molar-refractivity contribution in [2.24, 2.45) is 0 Å². The number of hydrogen-bond donors (Lipinski definition) is 1. The predicted octanol–water partition coefficient (Wildman–Crippen LogP) is 3.19. The van der Waals surface area contributed by atoms with Crippen LogP contribution in [0.25, 0.3) is 0 Å². The van der Waals surface area contributed by atoms with Gasteiger partial charge in [-0.25, -0.2) is 0 Å². The highest BCUT2D eigenvalue weighted by Gasteiger charge is 2.09. The van der Waals surface area contributed by atoms with Gasteiger partial charge in [-0.3, -0.25) is 9.48 Å². The molecule has 3 aromatic rings. The molecule has 1 heterocycles. The van der Waals surface area contributed by atoms with Crippen LogP contribution in [-0.2, 0) is 6.54 Å². The minimum absolute atomic E-state index is 0.214. The summed E-state index contributed by atoms with van der Waals surface area (Å²) < 4.78 is 6.91. The first-order chi connectivity index (χ1) is 11.2. The van der Waals surface area contributed by atoms with Crippen LogP contribution < -0.4 is 10.1 Å². The summed E-state index contributed by atoms with van der Waals surface area (Å²) in [5.74, 6) is 0.954. The molecule has 0 aliphatic carbocycles. The van der Waals surface area contributed by atoms with Crippen LogP contribution in [0.1, 0.15) is 15.9 Å². The van der Waals surface area contributed by atoms with Crippen molar-refractivity contribution in [1.29, 1.82) is 0 Å². The van der Waals surface area contributed by atoms with E-state index in [1.54, 1.807) is 42.1 Å². The molecule has 0 unspecified atom stereocenters. The molecule has 1 aromatic heterocycles. The molecule has 0 bridgehead atoms. The number of carbonyl (C=O) groups excluding carboxylic acids is 1. The molecule has 23 heavy (non-hydrogen) atoms. The van der Waals surface area contributed by atoms with E-state index in [-0.39, 0.29) is 5.91 Å². The molecule has 0 atom stereocenters. The number of hydrogen-bond acceptors (Lipinski definition) is 3. The molecule has 0 aliphatic heterocycles. The maximum Gasteiger partial charge on any atom is 0.256 e. The topological polar surface area (TPSA) is 56.1 Å². The summed E-state index contributed by atoms with van der Waals surface area (Å²) in [6, 6.07) is 18.8. The van der Waals surface area contributed by atoms with Crippen LogP contribution in [0.5, 0.6) is 5.75 Å². The average Bonchev–Trinajstić information content (AvgIpc) is 3.02.